The summed E-state index contributed by atoms with van der Waals surface area (Å²) < 4.78 is 11.7. The highest BCUT2D eigenvalue weighted by molar-refractivity contribution is 7.85. The van der Waals surface area contributed by atoms with Crippen LogP contribution in [-0.2, 0) is 16.2 Å². The molecule has 0 amide bonds. The number of benzene rings is 1. The average molecular weight is 363 g/mol. The fourth-order valence-electron chi connectivity index (χ4n) is 4.56. The molecular weight excluding hydrogens is 328 g/mol. The van der Waals surface area contributed by atoms with Crippen molar-refractivity contribution in [2.75, 3.05) is 37.5 Å². The van der Waals surface area contributed by atoms with Gasteiger partial charge in [-0.3, -0.25) is 4.21 Å². The van der Waals surface area contributed by atoms with Crippen LogP contribution < -0.4 is 5.32 Å². The monoisotopic (exact) mass is 362 g/mol. The molecule has 1 aromatic carbocycles. The van der Waals surface area contributed by atoms with Gasteiger partial charge >= 0.3 is 0 Å². The Bertz CT molecular complexity index is 620. The first kappa shape index (κ1) is 18.9. The molecule has 0 bridgehead atoms. The Labute approximate surface area is 156 Å². The van der Waals surface area contributed by atoms with Crippen LogP contribution in [0.4, 0.5) is 5.69 Å². The first-order valence-corrected chi connectivity index (χ1v) is 11.3. The van der Waals surface area contributed by atoms with Crippen molar-refractivity contribution in [3.8, 4) is 0 Å². The van der Waals surface area contributed by atoms with Gasteiger partial charge in [0.15, 0.2) is 0 Å². The van der Waals surface area contributed by atoms with Gasteiger partial charge in [0.2, 0.25) is 0 Å². The topological polar surface area (TPSA) is 32.3 Å². The number of anilines is 1. The largest absolute Gasteiger partial charge is 0.384 e. The molecule has 2 aliphatic rings. The van der Waals surface area contributed by atoms with Crippen LogP contribution in [0.2, 0.25) is 0 Å². The zero-order valence-electron chi connectivity index (χ0n) is 16.3. The van der Waals surface area contributed by atoms with E-state index in [1.165, 1.54) is 36.1 Å². The van der Waals surface area contributed by atoms with Crippen LogP contribution in [-0.4, -0.2) is 47.3 Å². The van der Waals surface area contributed by atoms with E-state index >= 15 is 0 Å². The standard InChI is InChI=1S/C21H34N2OS/c1-5-6-18(23(3)4)14-21(2)15-22-20-8-7-17(13-19(20)21)16-9-11-25(24)12-10-16/h7-8,13,16,18,22H,5-6,9-12,14-15H2,1-4H3/t16?,18-,21?,25?/m1/s1. The zero-order valence-corrected chi connectivity index (χ0v) is 17.1. The second-order valence-electron chi connectivity index (χ2n) is 8.45. The maximum Gasteiger partial charge on any atom is 0.0379 e. The lowest BCUT2D eigenvalue weighted by Crippen LogP contribution is -2.37. The Morgan fingerprint density at radius 1 is 1.32 bits per heavy atom. The third-order valence-electron chi connectivity index (χ3n) is 6.26. The normalized spacial score (nSPS) is 30.1. The van der Waals surface area contributed by atoms with E-state index in [9.17, 15) is 4.21 Å². The van der Waals surface area contributed by atoms with Crippen LogP contribution in [0.1, 0.15) is 63.0 Å². The van der Waals surface area contributed by atoms with Crippen molar-refractivity contribution >= 4 is 16.5 Å². The fourth-order valence-corrected chi connectivity index (χ4v) is 5.86. The van der Waals surface area contributed by atoms with E-state index in [0.717, 1.165) is 30.9 Å². The third kappa shape index (κ3) is 4.11. The van der Waals surface area contributed by atoms with Crippen molar-refractivity contribution in [2.24, 2.45) is 0 Å². The predicted octanol–water partition coefficient (Wildman–Crippen LogP) is 4.12. The van der Waals surface area contributed by atoms with E-state index in [1.54, 1.807) is 0 Å². The summed E-state index contributed by atoms with van der Waals surface area (Å²) in [6, 6.07) is 7.67. The van der Waals surface area contributed by atoms with E-state index in [-0.39, 0.29) is 5.41 Å². The van der Waals surface area contributed by atoms with Gasteiger partial charge in [-0.25, -0.2) is 0 Å². The maximum absolute atomic E-state index is 11.7. The number of fused-ring (bicyclic) bond motifs is 1. The van der Waals surface area contributed by atoms with Crippen molar-refractivity contribution in [3.63, 3.8) is 0 Å². The van der Waals surface area contributed by atoms with Gasteiger partial charge in [-0.15, -0.1) is 0 Å². The molecule has 25 heavy (non-hydrogen) atoms. The highest BCUT2D eigenvalue weighted by atomic mass is 32.2. The predicted molar refractivity (Wildman–Crippen MR) is 109 cm³/mol. The summed E-state index contributed by atoms with van der Waals surface area (Å²) in [5.74, 6) is 2.33. The van der Waals surface area contributed by atoms with Crippen LogP contribution in [0, 0.1) is 0 Å². The summed E-state index contributed by atoms with van der Waals surface area (Å²) >= 11 is 0. The molecule has 0 aromatic heterocycles. The average Bonchev–Trinajstić information content (AvgIpc) is 2.92. The molecule has 140 valence electrons. The Hall–Kier alpha value is -0.870. The molecule has 2 atom stereocenters. The highest BCUT2D eigenvalue weighted by Crippen LogP contribution is 2.43. The SMILES string of the molecule is CCC[C@H](CC1(C)CNc2ccc(C3CCS(=O)CC3)cc21)N(C)C. The summed E-state index contributed by atoms with van der Waals surface area (Å²) in [6.07, 6.45) is 5.84. The van der Waals surface area contributed by atoms with Gasteiger partial charge < -0.3 is 10.2 Å². The number of hydrogen-bond donors (Lipinski definition) is 1. The molecule has 0 spiro atoms. The van der Waals surface area contributed by atoms with E-state index < -0.39 is 10.8 Å². The van der Waals surface area contributed by atoms with Crippen LogP contribution in [0.5, 0.6) is 0 Å². The summed E-state index contributed by atoms with van der Waals surface area (Å²) in [5.41, 5.74) is 4.48. The van der Waals surface area contributed by atoms with E-state index in [4.69, 9.17) is 0 Å². The summed E-state index contributed by atoms with van der Waals surface area (Å²) in [6.45, 7) is 5.75. The van der Waals surface area contributed by atoms with Crippen LogP contribution >= 0.6 is 0 Å². The van der Waals surface area contributed by atoms with Gasteiger partial charge in [-0.1, -0.05) is 32.4 Å². The first-order valence-electron chi connectivity index (χ1n) is 9.82. The summed E-state index contributed by atoms with van der Waals surface area (Å²) in [4.78, 5) is 2.40. The van der Waals surface area contributed by atoms with E-state index in [0.29, 0.717) is 12.0 Å². The quantitative estimate of drug-likeness (QED) is 0.826. The van der Waals surface area contributed by atoms with Gasteiger partial charge in [0, 0.05) is 46.0 Å². The van der Waals surface area contributed by atoms with E-state index in [2.05, 4.69) is 56.4 Å². The lowest BCUT2D eigenvalue weighted by atomic mass is 9.76. The van der Waals surface area contributed by atoms with Crippen LogP contribution in [0.25, 0.3) is 0 Å². The van der Waals surface area contributed by atoms with Gasteiger partial charge in [0.05, 0.1) is 0 Å². The molecule has 1 N–H and O–H groups in total. The van der Waals surface area contributed by atoms with Gasteiger partial charge in [0.25, 0.3) is 0 Å². The Kier molecular flexibility index (Phi) is 5.89. The smallest absolute Gasteiger partial charge is 0.0379 e. The molecule has 1 aromatic rings. The number of rotatable bonds is 6. The Morgan fingerprint density at radius 3 is 2.68 bits per heavy atom. The van der Waals surface area contributed by atoms with Gasteiger partial charge in [0.1, 0.15) is 0 Å². The summed E-state index contributed by atoms with van der Waals surface area (Å²) in [7, 11) is 3.85. The first-order chi connectivity index (χ1) is 11.9. The molecule has 2 aliphatic heterocycles. The number of nitrogens with one attached hydrogen (secondary N) is 1. The third-order valence-corrected chi connectivity index (χ3v) is 7.64. The van der Waals surface area contributed by atoms with Gasteiger partial charge in [-0.2, -0.15) is 0 Å². The van der Waals surface area contributed by atoms with Crippen molar-refractivity contribution in [1.82, 2.24) is 4.90 Å². The molecule has 0 saturated carbocycles. The molecule has 1 unspecified atom stereocenters. The molecule has 4 heteroatoms. The molecule has 1 saturated heterocycles. The zero-order chi connectivity index (χ0) is 18.0. The van der Waals surface area contributed by atoms with Gasteiger partial charge in [-0.05, 0) is 62.9 Å². The molecule has 3 nitrogen and oxygen atoms in total. The van der Waals surface area contributed by atoms with Crippen LogP contribution in [0.3, 0.4) is 0 Å². The van der Waals surface area contributed by atoms with Crippen molar-refractivity contribution in [1.29, 1.82) is 0 Å². The van der Waals surface area contributed by atoms with Crippen LogP contribution in [0.15, 0.2) is 18.2 Å². The lowest BCUT2D eigenvalue weighted by Gasteiger charge is -2.34. The molecule has 1 fully saturated rings. The number of nitrogens with zero attached hydrogens (tertiary/aromatic N) is 1. The Balaban J connectivity index is 1.82. The minimum Gasteiger partial charge on any atom is -0.384 e. The molecule has 3 rings (SSSR count). The second-order valence-corrected chi connectivity index (χ2v) is 10.1. The summed E-state index contributed by atoms with van der Waals surface area (Å²) in [5, 5.41) is 3.65. The van der Waals surface area contributed by atoms with E-state index in [1.807, 2.05) is 0 Å². The van der Waals surface area contributed by atoms with Crippen molar-refractivity contribution < 1.29 is 4.21 Å². The minimum atomic E-state index is -0.582. The number of hydrogen-bond acceptors (Lipinski definition) is 3. The highest BCUT2D eigenvalue weighted by Gasteiger charge is 2.37. The molecular formula is C21H34N2OS. The second kappa shape index (κ2) is 7.79. The van der Waals surface area contributed by atoms with Crippen molar-refractivity contribution in [3.05, 3.63) is 29.3 Å². The Morgan fingerprint density at radius 2 is 2.04 bits per heavy atom. The maximum atomic E-state index is 11.7. The lowest BCUT2D eigenvalue weighted by molar-refractivity contribution is 0.224. The molecule has 0 aliphatic carbocycles. The molecule has 0 radical (unpaired) electrons. The minimum absolute atomic E-state index is 0.201. The fraction of sp³-hybridized carbons (Fsp3) is 0.714. The molecule has 2 heterocycles. The van der Waals surface area contributed by atoms with Crippen molar-refractivity contribution in [2.45, 2.75) is 63.3 Å².